The van der Waals surface area contributed by atoms with Gasteiger partial charge in [-0.1, -0.05) is 41.6 Å². The molecule has 2 aromatic carbocycles. The van der Waals surface area contributed by atoms with Gasteiger partial charge in [0.05, 0.1) is 0 Å². The van der Waals surface area contributed by atoms with Gasteiger partial charge in [0.25, 0.3) is 0 Å². The lowest BCUT2D eigenvalue weighted by molar-refractivity contribution is -0.141. The van der Waals surface area contributed by atoms with Crippen LogP contribution in [0.3, 0.4) is 0 Å². The number of nitrogens with zero attached hydrogens (tertiary/aromatic N) is 2. The first kappa shape index (κ1) is 20.3. The van der Waals surface area contributed by atoms with E-state index >= 15 is 0 Å². The van der Waals surface area contributed by atoms with Gasteiger partial charge in [-0.2, -0.15) is 18.2 Å². The van der Waals surface area contributed by atoms with Gasteiger partial charge in [0.1, 0.15) is 5.82 Å². The van der Waals surface area contributed by atoms with Crippen LogP contribution in [0.15, 0.2) is 53.7 Å². The fourth-order valence-corrected chi connectivity index (χ4v) is 3.23. The molecule has 0 bridgehead atoms. The zero-order valence-corrected chi connectivity index (χ0v) is 15.4. The molecule has 0 spiro atoms. The Morgan fingerprint density at radius 1 is 1.00 bits per heavy atom. The van der Waals surface area contributed by atoms with Crippen molar-refractivity contribution < 1.29 is 26.7 Å². The number of alkyl halides is 3. The lowest BCUT2D eigenvalue weighted by Crippen LogP contribution is -2.10. The molecule has 146 valence electrons. The van der Waals surface area contributed by atoms with Gasteiger partial charge < -0.3 is 4.74 Å². The van der Waals surface area contributed by atoms with Crippen molar-refractivity contribution in [3.8, 4) is 11.6 Å². The summed E-state index contributed by atoms with van der Waals surface area (Å²) in [5.74, 6) is -2.69. The van der Waals surface area contributed by atoms with Crippen LogP contribution in [0, 0.1) is 11.6 Å². The summed E-state index contributed by atoms with van der Waals surface area (Å²) in [5, 5.41) is 0.221. The van der Waals surface area contributed by atoms with E-state index in [1.165, 1.54) is 0 Å². The molecule has 3 rings (SSSR count). The second-order valence-electron chi connectivity index (χ2n) is 5.43. The maximum atomic E-state index is 13.7. The first-order chi connectivity index (χ1) is 13.2. The van der Waals surface area contributed by atoms with E-state index in [0.29, 0.717) is 22.7 Å². The van der Waals surface area contributed by atoms with Gasteiger partial charge in [0.2, 0.25) is 5.88 Å². The van der Waals surface area contributed by atoms with E-state index in [9.17, 15) is 22.0 Å². The Kier molecular flexibility index (Phi) is 6.04. The minimum Gasteiger partial charge on any atom is -0.436 e. The SMILES string of the molecule is Fc1ccc(Oc2cc(C(F)(F)F)nc(SCc3ccccc3Cl)n2)c(F)c1. The average molecular weight is 433 g/mol. The topological polar surface area (TPSA) is 35.0 Å². The Morgan fingerprint density at radius 2 is 1.75 bits per heavy atom. The molecule has 0 aliphatic rings. The summed E-state index contributed by atoms with van der Waals surface area (Å²) in [7, 11) is 0. The van der Waals surface area contributed by atoms with Crippen LogP contribution in [0.2, 0.25) is 5.02 Å². The lowest BCUT2D eigenvalue weighted by atomic mass is 10.2. The third-order valence-electron chi connectivity index (χ3n) is 3.40. The molecule has 0 unspecified atom stereocenters. The number of hydrogen-bond donors (Lipinski definition) is 0. The lowest BCUT2D eigenvalue weighted by Gasteiger charge is -2.11. The number of thioether (sulfide) groups is 1. The van der Waals surface area contributed by atoms with Crippen molar-refractivity contribution >= 4 is 23.4 Å². The average Bonchev–Trinajstić information content (AvgIpc) is 2.62. The second-order valence-corrected chi connectivity index (χ2v) is 6.78. The first-order valence-corrected chi connectivity index (χ1v) is 9.04. The molecule has 0 aliphatic heterocycles. The fourth-order valence-electron chi connectivity index (χ4n) is 2.09. The van der Waals surface area contributed by atoms with Crippen molar-refractivity contribution in [2.45, 2.75) is 17.1 Å². The number of hydrogen-bond acceptors (Lipinski definition) is 4. The molecule has 0 amide bonds. The number of halogens is 6. The molecule has 0 saturated heterocycles. The Morgan fingerprint density at radius 3 is 2.43 bits per heavy atom. The van der Waals surface area contributed by atoms with Crippen molar-refractivity contribution in [3.63, 3.8) is 0 Å². The molecule has 0 N–H and O–H groups in total. The molecule has 0 atom stereocenters. The largest absolute Gasteiger partial charge is 0.436 e. The smallest absolute Gasteiger partial charge is 0.433 e. The maximum absolute atomic E-state index is 13.7. The molecule has 28 heavy (non-hydrogen) atoms. The van der Waals surface area contributed by atoms with Gasteiger partial charge in [-0.05, 0) is 23.8 Å². The van der Waals surface area contributed by atoms with E-state index in [1.807, 2.05) is 0 Å². The number of ether oxygens (including phenoxy) is 1. The zero-order chi connectivity index (χ0) is 20.3. The molecule has 0 aliphatic carbocycles. The van der Waals surface area contributed by atoms with E-state index in [-0.39, 0.29) is 10.9 Å². The predicted octanol–water partition coefficient (Wildman–Crippen LogP) is 6.51. The quantitative estimate of drug-likeness (QED) is 0.261. The molecular formula is C18H10ClF5N2OS. The monoisotopic (exact) mass is 432 g/mol. The third-order valence-corrected chi connectivity index (χ3v) is 4.66. The van der Waals surface area contributed by atoms with Crippen LogP contribution in [0.5, 0.6) is 11.6 Å². The van der Waals surface area contributed by atoms with E-state index < -0.39 is 35.1 Å². The Balaban J connectivity index is 1.89. The molecule has 0 saturated carbocycles. The summed E-state index contributed by atoms with van der Waals surface area (Å²) in [6.07, 6.45) is -4.76. The maximum Gasteiger partial charge on any atom is 0.433 e. The van der Waals surface area contributed by atoms with E-state index in [4.69, 9.17) is 16.3 Å². The van der Waals surface area contributed by atoms with Crippen molar-refractivity contribution in [2.24, 2.45) is 0 Å². The summed E-state index contributed by atoms with van der Waals surface area (Å²) in [5.41, 5.74) is -0.566. The minimum absolute atomic E-state index is 0.214. The molecular weight excluding hydrogens is 423 g/mol. The predicted molar refractivity (Wildman–Crippen MR) is 94.5 cm³/mol. The molecule has 1 heterocycles. The van der Waals surface area contributed by atoms with Gasteiger partial charge in [0, 0.05) is 22.9 Å². The second kappa shape index (κ2) is 8.32. The van der Waals surface area contributed by atoms with Crippen LogP contribution in [0.1, 0.15) is 11.3 Å². The minimum atomic E-state index is -4.76. The number of benzene rings is 2. The molecule has 10 heteroatoms. The molecule has 0 fully saturated rings. The van der Waals surface area contributed by atoms with Gasteiger partial charge in [-0.15, -0.1) is 0 Å². The standard InChI is InChI=1S/C18H10ClF5N2OS/c19-12-4-2-1-3-10(12)9-28-17-25-15(18(22,23)24)8-16(26-17)27-14-6-5-11(20)7-13(14)21/h1-8H,9H2. The van der Waals surface area contributed by atoms with Gasteiger partial charge >= 0.3 is 6.18 Å². The van der Waals surface area contributed by atoms with E-state index in [0.717, 1.165) is 23.9 Å². The fraction of sp³-hybridized carbons (Fsp3) is 0.111. The molecule has 3 nitrogen and oxygen atoms in total. The van der Waals surface area contributed by atoms with Crippen LogP contribution >= 0.6 is 23.4 Å². The first-order valence-electron chi connectivity index (χ1n) is 7.68. The highest BCUT2D eigenvalue weighted by atomic mass is 35.5. The van der Waals surface area contributed by atoms with Crippen LogP contribution in [0.25, 0.3) is 0 Å². The summed E-state index contributed by atoms with van der Waals surface area (Å²) in [6.45, 7) is 0. The van der Waals surface area contributed by atoms with Crippen LogP contribution in [-0.4, -0.2) is 9.97 Å². The Hall–Kier alpha value is -2.39. The highest BCUT2D eigenvalue weighted by Crippen LogP contribution is 2.34. The normalized spacial score (nSPS) is 11.5. The van der Waals surface area contributed by atoms with Crippen LogP contribution in [-0.2, 0) is 11.9 Å². The van der Waals surface area contributed by atoms with Gasteiger partial charge in [0.15, 0.2) is 22.4 Å². The highest BCUT2D eigenvalue weighted by molar-refractivity contribution is 7.98. The third kappa shape index (κ3) is 5.11. The Bertz CT molecular complexity index is 1000. The van der Waals surface area contributed by atoms with Crippen molar-refractivity contribution in [2.75, 3.05) is 0 Å². The van der Waals surface area contributed by atoms with E-state index in [1.54, 1.807) is 24.3 Å². The van der Waals surface area contributed by atoms with Crippen LogP contribution in [0.4, 0.5) is 22.0 Å². The Labute approximate surface area is 165 Å². The molecule has 0 radical (unpaired) electrons. The van der Waals surface area contributed by atoms with E-state index in [2.05, 4.69) is 9.97 Å². The molecule has 1 aromatic heterocycles. The highest BCUT2D eigenvalue weighted by Gasteiger charge is 2.34. The van der Waals surface area contributed by atoms with Crippen molar-refractivity contribution in [1.82, 2.24) is 9.97 Å². The van der Waals surface area contributed by atoms with Gasteiger partial charge in [-0.25, -0.2) is 13.8 Å². The van der Waals surface area contributed by atoms with Crippen LogP contribution < -0.4 is 4.74 Å². The zero-order valence-electron chi connectivity index (χ0n) is 13.8. The number of rotatable bonds is 5. The summed E-state index contributed by atoms with van der Waals surface area (Å²) >= 11 is 6.94. The summed E-state index contributed by atoms with van der Waals surface area (Å²) < 4.78 is 71.2. The van der Waals surface area contributed by atoms with Gasteiger partial charge in [-0.3, -0.25) is 0 Å². The summed E-state index contributed by atoms with van der Waals surface area (Å²) in [6, 6.07) is 9.79. The summed E-state index contributed by atoms with van der Waals surface area (Å²) in [4.78, 5) is 7.35. The molecule has 3 aromatic rings. The van der Waals surface area contributed by atoms with Crippen molar-refractivity contribution in [3.05, 3.63) is 76.4 Å². The number of aromatic nitrogens is 2. The van der Waals surface area contributed by atoms with Crippen molar-refractivity contribution in [1.29, 1.82) is 0 Å².